The second-order valence-corrected chi connectivity index (χ2v) is 9.60. The molecule has 3 aromatic rings. The number of methoxy groups -OCH3 is 2. The Balaban J connectivity index is 1.53. The first-order valence-corrected chi connectivity index (χ1v) is 12.7. The van der Waals surface area contributed by atoms with Gasteiger partial charge >= 0.3 is 5.97 Å². The van der Waals surface area contributed by atoms with Crippen molar-refractivity contribution in [2.45, 2.75) is 38.2 Å². The number of rotatable bonds is 7. The number of dihydropyridines is 1. The Labute approximate surface area is 222 Å². The van der Waals surface area contributed by atoms with Gasteiger partial charge < -0.3 is 19.5 Å². The van der Waals surface area contributed by atoms with Gasteiger partial charge in [0, 0.05) is 29.3 Å². The maximum absolute atomic E-state index is 13.7. The van der Waals surface area contributed by atoms with Gasteiger partial charge in [0.1, 0.15) is 6.61 Å². The van der Waals surface area contributed by atoms with Crippen LogP contribution in [0, 0.1) is 0 Å². The number of carbonyl (C=O) groups is 2. The first kappa shape index (κ1) is 25.3. The van der Waals surface area contributed by atoms with E-state index >= 15 is 0 Å². The Morgan fingerprint density at radius 1 is 0.895 bits per heavy atom. The average Bonchev–Trinajstić information content (AvgIpc) is 2.95. The molecule has 1 aliphatic heterocycles. The molecule has 6 nitrogen and oxygen atoms in total. The first-order chi connectivity index (χ1) is 18.5. The van der Waals surface area contributed by atoms with Gasteiger partial charge in [0.05, 0.1) is 19.8 Å². The molecule has 194 valence electrons. The van der Waals surface area contributed by atoms with Gasteiger partial charge in [-0.25, -0.2) is 4.79 Å². The van der Waals surface area contributed by atoms with Crippen LogP contribution in [0.15, 0.2) is 101 Å². The molecule has 2 aliphatic rings. The van der Waals surface area contributed by atoms with Crippen LogP contribution >= 0.6 is 0 Å². The van der Waals surface area contributed by atoms with Gasteiger partial charge in [0.2, 0.25) is 0 Å². The van der Waals surface area contributed by atoms with Crippen LogP contribution < -0.4 is 14.8 Å². The van der Waals surface area contributed by atoms with E-state index in [9.17, 15) is 9.59 Å². The van der Waals surface area contributed by atoms with E-state index in [-0.39, 0.29) is 11.7 Å². The molecule has 0 amide bonds. The second-order valence-electron chi connectivity index (χ2n) is 9.60. The number of hydrogen-bond acceptors (Lipinski definition) is 6. The quantitative estimate of drug-likeness (QED) is 0.405. The third kappa shape index (κ3) is 4.94. The van der Waals surface area contributed by atoms with Crippen molar-refractivity contribution in [2.75, 3.05) is 14.2 Å². The average molecular weight is 510 g/mol. The number of esters is 1. The summed E-state index contributed by atoms with van der Waals surface area (Å²) in [4.78, 5) is 26.7. The molecule has 0 aromatic heterocycles. The highest BCUT2D eigenvalue weighted by atomic mass is 16.5. The van der Waals surface area contributed by atoms with E-state index in [4.69, 9.17) is 14.2 Å². The molecule has 1 aliphatic carbocycles. The molecular formula is C32H31NO5. The molecule has 1 heterocycles. The molecule has 1 N–H and O–H groups in total. The van der Waals surface area contributed by atoms with Crippen molar-refractivity contribution in [3.8, 4) is 11.5 Å². The molecule has 6 heteroatoms. The van der Waals surface area contributed by atoms with Crippen LogP contribution in [0.4, 0.5) is 0 Å². The van der Waals surface area contributed by atoms with Crippen molar-refractivity contribution in [1.29, 1.82) is 0 Å². The van der Waals surface area contributed by atoms with E-state index in [0.717, 1.165) is 22.4 Å². The van der Waals surface area contributed by atoms with Gasteiger partial charge in [-0.15, -0.1) is 0 Å². The lowest BCUT2D eigenvalue weighted by Gasteiger charge is -2.36. The van der Waals surface area contributed by atoms with Gasteiger partial charge in [-0.3, -0.25) is 4.79 Å². The van der Waals surface area contributed by atoms with Gasteiger partial charge in [0.25, 0.3) is 0 Å². The van der Waals surface area contributed by atoms with Crippen LogP contribution in [0.25, 0.3) is 0 Å². The van der Waals surface area contributed by atoms with Gasteiger partial charge in [0.15, 0.2) is 17.3 Å². The predicted octanol–water partition coefficient (Wildman–Crippen LogP) is 5.81. The minimum atomic E-state index is -0.569. The molecule has 0 saturated heterocycles. The van der Waals surface area contributed by atoms with Gasteiger partial charge in [-0.05, 0) is 48.1 Å². The van der Waals surface area contributed by atoms with E-state index in [2.05, 4.69) is 17.4 Å². The Hall–Kier alpha value is -4.32. The SMILES string of the molecule is COC(=O)C1=C(C)NC2=C(C(=O)CC(c3ccccc3)C2)C1c1ccc(OCc2ccccc2)c(OC)c1. The zero-order valence-corrected chi connectivity index (χ0v) is 21.8. The summed E-state index contributed by atoms with van der Waals surface area (Å²) in [5.74, 6) is 0.184. The van der Waals surface area contributed by atoms with Crippen molar-refractivity contribution < 1.29 is 23.8 Å². The lowest BCUT2D eigenvalue weighted by molar-refractivity contribution is -0.136. The van der Waals surface area contributed by atoms with Gasteiger partial charge in [-0.1, -0.05) is 66.7 Å². The molecule has 0 saturated carbocycles. The van der Waals surface area contributed by atoms with E-state index in [1.54, 1.807) is 7.11 Å². The minimum absolute atomic E-state index is 0.0230. The van der Waals surface area contributed by atoms with Crippen LogP contribution in [0.1, 0.15) is 48.3 Å². The number of carbonyl (C=O) groups excluding carboxylic acids is 2. The summed E-state index contributed by atoms with van der Waals surface area (Å²) in [7, 11) is 2.94. The molecule has 5 rings (SSSR count). The second kappa shape index (κ2) is 11.0. The number of hydrogen-bond donors (Lipinski definition) is 1. The fraction of sp³-hybridized carbons (Fsp3) is 0.250. The standard InChI is InChI=1S/C32H31NO5/c1-20-29(32(35)37-3)30(31-25(33-20)16-24(17-26(31)34)22-12-8-5-9-13-22)23-14-15-27(28(18-23)36-2)38-19-21-10-6-4-7-11-21/h4-15,18,24,30,33H,16-17,19H2,1-3H3. The lowest BCUT2D eigenvalue weighted by Crippen LogP contribution is -2.36. The highest BCUT2D eigenvalue weighted by Crippen LogP contribution is 2.47. The maximum atomic E-state index is 13.7. The van der Waals surface area contributed by atoms with Crippen LogP contribution in [0.3, 0.4) is 0 Å². The first-order valence-electron chi connectivity index (χ1n) is 12.7. The normalized spacial score (nSPS) is 19.0. The number of benzene rings is 3. The molecule has 0 fully saturated rings. The number of Topliss-reactive ketones (excluding diaryl/α,β-unsaturated/α-hetero) is 1. The zero-order chi connectivity index (χ0) is 26.6. The minimum Gasteiger partial charge on any atom is -0.493 e. The molecule has 2 unspecified atom stereocenters. The van der Waals surface area contributed by atoms with Crippen molar-refractivity contribution in [1.82, 2.24) is 5.32 Å². The van der Waals surface area contributed by atoms with Crippen LogP contribution in [0.5, 0.6) is 11.5 Å². The molecule has 0 bridgehead atoms. The summed E-state index contributed by atoms with van der Waals surface area (Å²) in [6.07, 6.45) is 1.06. The summed E-state index contributed by atoms with van der Waals surface area (Å²) in [6.45, 7) is 2.25. The number of allylic oxidation sites excluding steroid dienone is 3. The number of ether oxygens (including phenoxy) is 3. The zero-order valence-electron chi connectivity index (χ0n) is 21.8. The van der Waals surface area contributed by atoms with Crippen LogP contribution in [0.2, 0.25) is 0 Å². The van der Waals surface area contributed by atoms with Crippen molar-refractivity contribution >= 4 is 11.8 Å². The number of ketones is 1. The summed E-state index contributed by atoms with van der Waals surface area (Å²) >= 11 is 0. The highest BCUT2D eigenvalue weighted by molar-refractivity contribution is 6.04. The summed E-state index contributed by atoms with van der Waals surface area (Å²) in [5.41, 5.74) is 5.53. The monoisotopic (exact) mass is 509 g/mol. The van der Waals surface area contributed by atoms with E-state index in [1.165, 1.54) is 7.11 Å². The Bertz CT molecular complexity index is 1410. The fourth-order valence-corrected chi connectivity index (χ4v) is 5.43. The molecule has 38 heavy (non-hydrogen) atoms. The summed E-state index contributed by atoms with van der Waals surface area (Å²) in [5, 5.41) is 3.37. The largest absolute Gasteiger partial charge is 0.493 e. The summed E-state index contributed by atoms with van der Waals surface area (Å²) < 4.78 is 16.9. The molecule has 2 atom stereocenters. The lowest BCUT2D eigenvalue weighted by atomic mass is 9.71. The third-order valence-corrected chi connectivity index (χ3v) is 7.26. The van der Waals surface area contributed by atoms with Crippen LogP contribution in [-0.2, 0) is 20.9 Å². The topological polar surface area (TPSA) is 73.9 Å². The Kier molecular flexibility index (Phi) is 7.31. The Morgan fingerprint density at radius 2 is 1.61 bits per heavy atom. The molecule has 3 aromatic carbocycles. The maximum Gasteiger partial charge on any atom is 0.336 e. The van der Waals surface area contributed by atoms with E-state index in [1.807, 2.05) is 73.7 Å². The third-order valence-electron chi connectivity index (χ3n) is 7.26. The summed E-state index contributed by atoms with van der Waals surface area (Å²) in [6, 6.07) is 25.6. The smallest absolute Gasteiger partial charge is 0.336 e. The molecular weight excluding hydrogens is 478 g/mol. The van der Waals surface area contributed by atoms with Crippen molar-refractivity contribution in [3.05, 3.63) is 118 Å². The van der Waals surface area contributed by atoms with Crippen molar-refractivity contribution in [3.63, 3.8) is 0 Å². The molecule has 0 spiro atoms. The Morgan fingerprint density at radius 3 is 2.29 bits per heavy atom. The molecule has 0 radical (unpaired) electrons. The predicted molar refractivity (Wildman–Crippen MR) is 145 cm³/mol. The van der Waals surface area contributed by atoms with Gasteiger partial charge in [-0.2, -0.15) is 0 Å². The van der Waals surface area contributed by atoms with E-state index in [0.29, 0.717) is 47.8 Å². The van der Waals surface area contributed by atoms with Crippen molar-refractivity contribution in [2.24, 2.45) is 0 Å². The fourth-order valence-electron chi connectivity index (χ4n) is 5.43. The highest BCUT2D eigenvalue weighted by Gasteiger charge is 2.41. The van der Waals surface area contributed by atoms with Crippen LogP contribution in [-0.4, -0.2) is 26.0 Å². The van der Waals surface area contributed by atoms with E-state index < -0.39 is 11.9 Å². The number of nitrogens with one attached hydrogen (secondary N) is 1.